The number of rotatable bonds is 3. The number of thiazole rings is 1. The van der Waals surface area contributed by atoms with Crippen molar-refractivity contribution in [2.45, 2.75) is 31.9 Å². The molecule has 1 aliphatic rings. The third kappa shape index (κ3) is 4.99. The Morgan fingerprint density at radius 2 is 2.04 bits per heavy atom. The minimum atomic E-state index is -4.45. The maximum Gasteiger partial charge on any atom is 0.434 e. The zero-order chi connectivity index (χ0) is 20.3. The van der Waals surface area contributed by atoms with Crippen LogP contribution in [0, 0.1) is 5.82 Å². The van der Waals surface area contributed by atoms with Crippen LogP contribution in [0.5, 0.6) is 0 Å². The topological polar surface area (TPSA) is 49.8 Å². The average Bonchev–Trinajstić information content (AvgIpc) is 3.12. The lowest BCUT2D eigenvalue weighted by Crippen LogP contribution is -2.50. The second kappa shape index (κ2) is 8.44. The average molecular weight is 416 g/mol. The van der Waals surface area contributed by atoms with Crippen LogP contribution in [0.4, 0.5) is 17.6 Å². The van der Waals surface area contributed by atoms with Crippen molar-refractivity contribution >= 4 is 17.3 Å². The fraction of sp³-hybridized carbons (Fsp3) is 0.444. The molecule has 0 spiro atoms. The van der Waals surface area contributed by atoms with Crippen molar-refractivity contribution in [2.75, 3.05) is 20.1 Å². The Morgan fingerprint density at radius 3 is 2.64 bits per heavy atom. The van der Waals surface area contributed by atoms with E-state index in [1.54, 1.807) is 19.2 Å². The van der Waals surface area contributed by atoms with Crippen LogP contribution in [0.3, 0.4) is 0 Å². The van der Waals surface area contributed by atoms with E-state index >= 15 is 0 Å². The standard InChI is InChI=1S/C18H20F4N4OS/c1-11-8-26(9-14(27-11)12-3-5-13(19)6-4-12)17(23-2)24-7-16-25-15(10-28-16)18(20,21)22/h3-6,10-11,14H,7-9H2,1-2H3,(H,23,24). The molecule has 28 heavy (non-hydrogen) atoms. The fourth-order valence-corrected chi connectivity index (χ4v) is 3.74. The quantitative estimate of drug-likeness (QED) is 0.469. The number of aromatic nitrogens is 1. The van der Waals surface area contributed by atoms with Gasteiger partial charge >= 0.3 is 6.18 Å². The first kappa shape index (κ1) is 20.5. The first-order valence-corrected chi connectivity index (χ1v) is 9.52. The number of benzene rings is 1. The Kier molecular flexibility index (Phi) is 6.19. The molecule has 1 fully saturated rings. The first-order valence-electron chi connectivity index (χ1n) is 8.64. The van der Waals surface area contributed by atoms with E-state index in [1.165, 1.54) is 12.1 Å². The van der Waals surface area contributed by atoms with E-state index in [1.807, 2.05) is 11.8 Å². The number of halogens is 4. The van der Waals surface area contributed by atoms with Crippen LogP contribution in [0.2, 0.25) is 0 Å². The largest absolute Gasteiger partial charge is 0.434 e. The molecule has 10 heteroatoms. The highest BCUT2D eigenvalue weighted by atomic mass is 32.1. The number of alkyl halides is 3. The van der Waals surface area contributed by atoms with Gasteiger partial charge in [-0.25, -0.2) is 9.37 Å². The number of hydrogen-bond acceptors (Lipinski definition) is 4. The maximum atomic E-state index is 13.2. The summed E-state index contributed by atoms with van der Waals surface area (Å²) in [6, 6.07) is 6.13. The summed E-state index contributed by atoms with van der Waals surface area (Å²) in [7, 11) is 1.61. The van der Waals surface area contributed by atoms with E-state index in [-0.39, 0.29) is 24.6 Å². The third-order valence-electron chi connectivity index (χ3n) is 4.25. The van der Waals surface area contributed by atoms with Gasteiger partial charge < -0.3 is 15.0 Å². The van der Waals surface area contributed by atoms with Crippen molar-refractivity contribution in [3.8, 4) is 0 Å². The molecule has 2 unspecified atom stereocenters. The number of ether oxygens (including phenoxy) is 1. The summed E-state index contributed by atoms with van der Waals surface area (Å²) in [6.45, 7) is 3.12. The van der Waals surface area contributed by atoms with E-state index < -0.39 is 11.9 Å². The number of nitrogens with one attached hydrogen (secondary N) is 1. The molecule has 1 aliphatic heterocycles. The predicted molar refractivity (Wildman–Crippen MR) is 98.6 cm³/mol. The van der Waals surface area contributed by atoms with Crippen molar-refractivity contribution in [2.24, 2.45) is 4.99 Å². The summed E-state index contributed by atoms with van der Waals surface area (Å²) < 4.78 is 57.2. The van der Waals surface area contributed by atoms with Gasteiger partial charge in [0.15, 0.2) is 11.7 Å². The Bertz CT molecular complexity index is 822. The number of hydrogen-bond donors (Lipinski definition) is 1. The van der Waals surface area contributed by atoms with Crippen molar-refractivity contribution in [3.05, 3.63) is 51.7 Å². The Balaban J connectivity index is 1.66. The molecule has 2 heterocycles. The molecule has 1 N–H and O–H groups in total. The van der Waals surface area contributed by atoms with Crippen molar-refractivity contribution in [3.63, 3.8) is 0 Å². The van der Waals surface area contributed by atoms with E-state index in [4.69, 9.17) is 4.74 Å². The molecule has 0 bridgehead atoms. The molecule has 0 aliphatic carbocycles. The summed E-state index contributed by atoms with van der Waals surface area (Å²) in [5.41, 5.74) is -0.0381. The van der Waals surface area contributed by atoms with E-state index in [9.17, 15) is 17.6 Å². The highest BCUT2D eigenvalue weighted by Crippen LogP contribution is 2.30. The predicted octanol–water partition coefficient (Wildman–Crippen LogP) is 3.84. The molecular weight excluding hydrogens is 396 g/mol. The zero-order valence-corrected chi connectivity index (χ0v) is 16.1. The highest BCUT2D eigenvalue weighted by Gasteiger charge is 2.34. The van der Waals surface area contributed by atoms with Crippen molar-refractivity contribution < 1.29 is 22.3 Å². The van der Waals surface area contributed by atoms with Gasteiger partial charge in [0, 0.05) is 19.0 Å². The van der Waals surface area contributed by atoms with Crippen LogP contribution in [0.15, 0.2) is 34.6 Å². The number of guanidine groups is 1. The molecule has 3 rings (SSSR count). The van der Waals surface area contributed by atoms with Crippen LogP contribution in [0.1, 0.15) is 29.3 Å². The second-order valence-electron chi connectivity index (χ2n) is 6.42. The lowest BCUT2D eigenvalue weighted by atomic mass is 10.1. The van der Waals surface area contributed by atoms with Gasteiger partial charge in [0.25, 0.3) is 0 Å². The third-order valence-corrected chi connectivity index (χ3v) is 5.10. The Morgan fingerprint density at radius 1 is 1.32 bits per heavy atom. The van der Waals surface area contributed by atoms with Crippen molar-refractivity contribution in [1.82, 2.24) is 15.2 Å². The number of aliphatic imine (C=N–C) groups is 1. The molecule has 0 saturated carbocycles. The summed E-state index contributed by atoms with van der Waals surface area (Å²) in [4.78, 5) is 9.82. The van der Waals surface area contributed by atoms with Gasteiger partial charge in [0.05, 0.1) is 19.2 Å². The van der Waals surface area contributed by atoms with E-state index in [2.05, 4.69) is 15.3 Å². The van der Waals surface area contributed by atoms with Crippen molar-refractivity contribution in [1.29, 1.82) is 0 Å². The minimum absolute atomic E-state index is 0.0981. The van der Waals surface area contributed by atoms with Gasteiger partial charge in [0.1, 0.15) is 16.9 Å². The minimum Gasteiger partial charge on any atom is -0.367 e. The summed E-state index contributed by atoms with van der Waals surface area (Å²) >= 11 is 0.948. The van der Waals surface area contributed by atoms with Crippen LogP contribution in [-0.2, 0) is 17.5 Å². The van der Waals surface area contributed by atoms with Crippen LogP contribution in [0.25, 0.3) is 0 Å². The first-order chi connectivity index (χ1) is 13.3. The summed E-state index contributed by atoms with van der Waals surface area (Å²) in [6.07, 6.45) is -4.81. The summed E-state index contributed by atoms with van der Waals surface area (Å²) in [5, 5.41) is 4.39. The van der Waals surface area contributed by atoms with E-state index in [0.29, 0.717) is 24.1 Å². The summed E-state index contributed by atoms with van der Waals surface area (Å²) in [5.74, 6) is 0.231. The number of nitrogens with zero attached hydrogens (tertiary/aromatic N) is 3. The monoisotopic (exact) mass is 416 g/mol. The van der Waals surface area contributed by atoms with Gasteiger partial charge in [-0.15, -0.1) is 11.3 Å². The second-order valence-corrected chi connectivity index (χ2v) is 7.36. The van der Waals surface area contributed by atoms with Crippen LogP contribution >= 0.6 is 11.3 Å². The Hall–Kier alpha value is -2.20. The molecule has 1 saturated heterocycles. The Labute approximate surface area is 164 Å². The maximum absolute atomic E-state index is 13.2. The SMILES string of the molecule is CN=C(NCc1nc(C(F)(F)F)cs1)N1CC(C)OC(c2ccc(F)cc2)C1. The lowest BCUT2D eigenvalue weighted by molar-refractivity contribution is -0.140. The molecule has 0 radical (unpaired) electrons. The molecule has 1 aromatic heterocycles. The molecule has 5 nitrogen and oxygen atoms in total. The lowest BCUT2D eigenvalue weighted by Gasteiger charge is -2.38. The molecule has 2 atom stereocenters. The highest BCUT2D eigenvalue weighted by molar-refractivity contribution is 7.09. The molecular formula is C18H20F4N4OS. The molecule has 152 valence electrons. The van der Waals surface area contributed by atoms with Crippen LogP contribution < -0.4 is 5.32 Å². The zero-order valence-electron chi connectivity index (χ0n) is 15.3. The van der Waals surface area contributed by atoms with Crippen LogP contribution in [-0.4, -0.2) is 42.1 Å². The normalized spacial score (nSPS) is 21.1. The van der Waals surface area contributed by atoms with Gasteiger partial charge in [-0.3, -0.25) is 4.99 Å². The van der Waals surface area contributed by atoms with Gasteiger partial charge in [-0.05, 0) is 24.6 Å². The van der Waals surface area contributed by atoms with E-state index in [0.717, 1.165) is 22.3 Å². The van der Waals surface area contributed by atoms with Gasteiger partial charge in [-0.2, -0.15) is 13.2 Å². The molecule has 0 amide bonds. The van der Waals surface area contributed by atoms with Gasteiger partial charge in [0.2, 0.25) is 0 Å². The number of morpholine rings is 1. The molecule has 1 aromatic carbocycles. The van der Waals surface area contributed by atoms with Gasteiger partial charge in [-0.1, -0.05) is 12.1 Å². The smallest absolute Gasteiger partial charge is 0.367 e. The molecule has 2 aromatic rings. The fourth-order valence-electron chi connectivity index (χ4n) is 3.00.